The Morgan fingerprint density at radius 2 is 1.88 bits per heavy atom. The van der Waals surface area contributed by atoms with Gasteiger partial charge in [-0.3, -0.25) is 4.72 Å². The Morgan fingerprint density at radius 1 is 1.31 bits per heavy atom. The monoisotopic (exact) mass is 281 g/mol. The van der Waals surface area contributed by atoms with Gasteiger partial charge in [0.1, 0.15) is 12.0 Å². The average Bonchev–Trinajstić information content (AvgIpc) is 2.95. The number of halogens is 2. The van der Waals surface area contributed by atoms with Gasteiger partial charge in [0, 0.05) is 0 Å². The molecule has 1 aromatic rings. The maximum absolute atomic E-state index is 11.7. The molecule has 2 rings (SSSR count). The molecule has 5 nitrogen and oxygen atoms in total. The quantitative estimate of drug-likeness (QED) is 0.856. The summed E-state index contributed by atoms with van der Waals surface area (Å²) in [7, 11) is -3.42. The van der Waals surface area contributed by atoms with Crippen molar-refractivity contribution >= 4 is 38.9 Å². The number of aromatic nitrogens is 2. The van der Waals surface area contributed by atoms with Crippen molar-refractivity contribution in [3.63, 3.8) is 0 Å². The summed E-state index contributed by atoms with van der Waals surface area (Å²) in [5, 5.41) is -0.00116. The normalized spacial score (nSPS) is 16.1. The van der Waals surface area contributed by atoms with Crippen LogP contribution in [0.4, 0.5) is 5.69 Å². The van der Waals surface area contributed by atoms with Gasteiger partial charge in [0.2, 0.25) is 10.0 Å². The van der Waals surface area contributed by atoms with Gasteiger partial charge < -0.3 is 0 Å². The van der Waals surface area contributed by atoms with Gasteiger partial charge in [-0.05, 0) is 18.8 Å². The lowest BCUT2D eigenvalue weighted by molar-refractivity contribution is 0.597. The van der Waals surface area contributed by atoms with Gasteiger partial charge in [0.25, 0.3) is 0 Å². The maximum atomic E-state index is 11.7. The highest BCUT2D eigenvalue weighted by molar-refractivity contribution is 7.92. The fraction of sp³-hybridized carbons (Fsp3) is 0.500. The number of hydrogen-bond donors (Lipinski definition) is 1. The van der Waals surface area contributed by atoms with Crippen LogP contribution in [0, 0.1) is 5.92 Å². The van der Waals surface area contributed by atoms with Crippen LogP contribution in [0.2, 0.25) is 10.3 Å². The fourth-order valence-electron chi connectivity index (χ4n) is 1.22. The molecule has 1 aliphatic rings. The average molecular weight is 282 g/mol. The lowest BCUT2D eigenvalue weighted by atomic mass is 10.5. The van der Waals surface area contributed by atoms with Gasteiger partial charge in [0.15, 0.2) is 10.3 Å². The molecule has 1 saturated carbocycles. The largest absolute Gasteiger partial charge is 0.278 e. The van der Waals surface area contributed by atoms with Crippen molar-refractivity contribution in [2.45, 2.75) is 12.8 Å². The molecule has 1 heterocycles. The van der Waals surface area contributed by atoms with Crippen LogP contribution in [-0.4, -0.2) is 24.1 Å². The third kappa shape index (κ3) is 2.96. The Bertz CT molecular complexity index is 482. The number of anilines is 1. The first-order chi connectivity index (χ1) is 7.48. The summed E-state index contributed by atoms with van der Waals surface area (Å²) >= 11 is 11.5. The Labute approximate surface area is 103 Å². The van der Waals surface area contributed by atoms with Crippen molar-refractivity contribution in [1.29, 1.82) is 0 Å². The van der Waals surface area contributed by atoms with E-state index in [4.69, 9.17) is 23.2 Å². The lowest BCUT2D eigenvalue weighted by Gasteiger charge is -2.08. The van der Waals surface area contributed by atoms with Gasteiger partial charge in [-0.2, -0.15) is 0 Å². The standard InChI is InChI=1S/C8H9Cl2N3O2S/c9-7-6(8(10)12-4-11-7)13-16(14,15)3-5-1-2-5/h4-5,13H,1-3H2. The molecule has 88 valence electrons. The van der Waals surface area contributed by atoms with E-state index in [0.29, 0.717) is 0 Å². The molecule has 0 saturated heterocycles. The molecule has 16 heavy (non-hydrogen) atoms. The first-order valence-corrected chi connectivity index (χ1v) is 7.05. The van der Waals surface area contributed by atoms with E-state index in [2.05, 4.69) is 14.7 Å². The summed E-state index contributed by atoms with van der Waals surface area (Å²) in [4.78, 5) is 7.32. The predicted molar refractivity (Wildman–Crippen MR) is 62.2 cm³/mol. The van der Waals surface area contributed by atoms with E-state index >= 15 is 0 Å². The highest BCUT2D eigenvalue weighted by atomic mass is 35.5. The molecule has 0 atom stereocenters. The highest BCUT2D eigenvalue weighted by Gasteiger charge is 2.28. The summed E-state index contributed by atoms with van der Waals surface area (Å²) < 4.78 is 25.7. The van der Waals surface area contributed by atoms with Crippen LogP contribution in [0.3, 0.4) is 0 Å². The van der Waals surface area contributed by atoms with E-state index in [1.54, 1.807) is 0 Å². The molecular formula is C8H9Cl2N3O2S. The molecule has 0 aliphatic heterocycles. The number of rotatable bonds is 4. The predicted octanol–water partition coefficient (Wildman–Crippen LogP) is 1.94. The minimum Gasteiger partial charge on any atom is -0.278 e. The third-order valence-electron chi connectivity index (χ3n) is 2.16. The minimum absolute atomic E-state index is 0.000582. The van der Waals surface area contributed by atoms with Crippen LogP contribution in [0.1, 0.15) is 12.8 Å². The van der Waals surface area contributed by atoms with Crippen molar-refractivity contribution in [3.05, 3.63) is 16.6 Å². The van der Waals surface area contributed by atoms with Gasteiger partial charge in [-0.15, -0.1) is 0 Å². The van der Waals surface area contributed by atoms with Gasteiger partial charge in [-0.1, -0.05) is 23.2 Å². The molecule has 1 fully saturated rings. The second kappa shape index (κ2) is 4.35. The van der Waals surface area contributed by atoms with Crippen molar-refractivity contribution in [2.24, 2.45) is 5.92 Å². The maximum Gasteiger partial charge on any atom is 0.233 e. The van der Waals surface area contributed by atoms with Crippen molar-refractivity contribution in [1.82, 2.24) is 9.97 Å². The molecule has 0 spiro atoms. The van der Waals surface area contributed by atoms with E-state index in [0.717, 1.165) is 12.8 Å². The zero-order valence-corrected chi connectivity index (χ0v) is 10.5. The smallest absolute Gasteiger partial charge is 0.233 e. The fourth-order valence-corrected chi connectivity index (χ4v) is 3.28. The Kier molecular flexibility index (Phi) is 3.23. The van der Waals surface area contributed by atoms with Crippen LogP contribution in [0.25, 0.3) is 0 Å². The number of sulfonamides is 1. The highest BCUT2D eigenvalue weighted by Crippen LogP contribution is 2.32. The summed E-state index contributed by atoms with van der Waals surface area (Å²) in [5.41, 5.74) is 0.0477. The summed E-state index contributed by atoms with van der Waals surface area (Å²) in [5.74, 6) is 0.342. The number of nitrogens with zero attached hydrogens (tertiary/aromatic N) is 2. The summed E-state index contributed by atoms with van der Waals surface area (Å²) in [6.07, 6.45) is 3.07. The van der Waals surface area contributed by atoms with E-state index in [1.807, 2.05) is 0 Å². The zero-order chi connectivity index (χ0) is 11.8. The van der Waals surface area contributed by atoms with Crippen LogP contribution in [-0.2, 0) is 10.0 Å². The molecular weight excluding hydrogens is 273 g/mol. The number of hydrogen-bond acceptors (Lipinski definition) is 4. The molecule has 0 aromatic carbocycles. The first-order valence-electron chi connectivity index (χ1n) is 4.64. The summed E-state index contributed by atoms with van der Waals surface area (Å²) in [6, 6.07) is 0. The van der Waals surface area contributed by atoms with E-state index < -0.39 is 10.0 Å². The molecule has 0 bridgehead atoms. The molecule has 8 heteroatoms. The molecule has 1 aliphatic carbocycles. The molecule has 0 unspecified atom stereocenters. The second-order valence-corrected chi connectivity index (χ2v) is 6.14. The Morgan fingerprint density at radius 3 is 2.38 bits per heavy atom. The van der Waals surface area contributed by atoms with E-state index in [9.17, 15) is 8.42 Å². The van der Waals surface area contributed by atoms with Crippen LogP contribution < -0.4 is 4.72 Å². The van der Waals surface area contributed by atoms with Gasteiger partial charge >= 0.3 is 0 Å². The van der Waals surface area contributed by atoms with E-state index in [1.165, 1.54) is 6.33 Å². The Hall–Kier alpha value is -0.590. The van der Waals surface area contributed by atoms with Gasteiger partial charge in [0.05, 0.1) is 5.75 Å². The number of nitrogens with one attached hydrogen (secondary N) is 1. The first kappa shape index (κ1) is 11.9. The molecule has 0 radical (unpaired) electrons. The van der Waals surface area contributed by atoms with Crippen LogP contribution >= 0.6 is 23.2 Å². The lowest BCUT2D eigenvalue weighted by Crippen LogP contribution is -2.18. The molecule has 1 aromatic heterocycles. The van der Waals surface area contributed by atoms with Gasteiger partial charge in [-0.25, -0.2) is 18.4 Å². The van der Waals surface area contributed by atoms with Crippen molar-refractivity contribution < 1.29 is 8.42 Å². The molecule has 0 amide bonds. The summed E-state index contributed by atoms with van der Waals surface area (Å²) in [6.45, 7) is 0. The van der Waals surface area contributed by atoms with Crippen LogP contribution in [0.5, 0.6) is 0 Å². The Balaban J connectivity index is 2.19. The second-order valence-electron chi connectivity index (χ2n) is 3.66. The molecule has 1 N–H and O–H groups in total. The zero-order valence-electron chi connectivity index (χ0n) is 8.15. The SMILES string of the molecule is O=S(=O)(CC1CC1)Nc1c(Cl)ncnc1Cl. The topological polar surface area (TPSA) is 72.0 Å². The minimum atomic E-state index is -3.42. The van der Waals surface area contributed by atoms with Crippen LogP contribution in [0.15, 0.2) is 6.33 Å². The van der Waals surface area contributed by atoms with Crippen molar-refractivity contribution in [3.8, 4) is 0 Å². The van der Waals surface area contributed by atoms with Crippen molar-refractivity contribution in [2.75, 3.05) is 10.5 Å². The van der Waals surface area contributed by atoms with E-state index in [-0.39, 0.29) is 27.7 Å². The third-order valence-corrected chi connectivity index (χ3v) is 4.16.